The van der Waals surface area contributed by atoms with Gasteiger partial charge in [0.15, 0.2) is 0 Å². The van der Waals surface area contributed by atoms with Crippen molar-refractivity contribution in [1.29, 1.82) is 0 Å². The molecule has 0 aliphatic rings. The summed E-state index contributed by atoms with van der Waals surface area (Å²) in [6.07, 6.45) is 1.93. The number of pyridine rings is 1. The summed E-state index contributed by atoms with van der Waals surface area (Å²) in [7, 11) is 0. The molecule has 0 radical (unpaired) electrons. The molecule has 0 aliphatic heterocycles. The van der Waals surface area contributed by atoms with E-state index in [9.17, 15) is 5.11 Å². The third-order valence-corrected chi connectivity index (χ3v) is 3.78. The van der Waals surface area contributed by atoms with Crippen LogP contribution in [0.15, 0.2) is 53.4 Å². The average molecular weight is 255 g/mol. The second kappa shape index (κ2) is 4.88. The fraction of sp³-hybridized carbons (Fsp3) is 0.133. The maximum absolute atomic E-state index is 10.4. The normalized spacial score (nSPS) is 12.7. The van der Waals surface area contributed by atoms with Crippen molar-refractivity contribution < 1.29 is 5.11 Å². The molecule has 3 aromatic rings. The van der Waals surface area contributed by atoms with Gasteiger partial charge in [0, 0.05) is 18.0 Å². The summed E-state index contributed by atoms with van der Waals surface area (Å²) in [4.78, 5) is 4.31. The van der Waals surface area contributed by atoms with E-state index in [-0.39, 0.29) is 0 Å². The van der Waals surface area contributed by atoms with Crippen LogP contribution in [0.5, 0.6) is 0 Å². The zero-order valence-electron chi connectivity index (χ0n) is 9.78. The van der Waals surface area contributed by atoms with Crippen LogP contribution in [0.2, 0.25) is 0 Å². The Morgan fingerprint density at radius 3 is 2.89 bits per heavy atom. The van der Waals surface area contributed by atoms with Crippen LogP contribution in [0.3, 0.4) is 0 Å². The lowest BCUT2D eigenvalue weighted by Gasteiger charge is -2.12. The number of aromatic nitrogens is 1. The molecule has 0 spiro atoms. The maximum atomic E-state index is 10.4. The van der Waals surface area contributed by atoms with Gasteiger partial charge in [0.1, 0.15) is 0 Å². The first kappa shape index (κ1) is 11.4. The summed E-state index contributed by atoms with van der Waals surface area (Å²) < 4.78 is 0. The maximum Gasteiger partial charge on any atom is 0.0837 e. The molecular formula is C15H13NOS. The Bertz CT molecular complexity index is 643. The summed E-state index contributed by atoms with van der Waals surface area (Å²) in [6, 6.07) is 11.9. The highest BCUT2D eigenvalue weighted by atomic mass is 32.1. The van der Waals surface area contributed by atoms with Crippen molar-refractivity contribution in [1.82, 2.24) is 4.98 Å². The first-order chi connectivity index (χ1) is 8.84. The van der Waals surface area contributed by atoms with Crippen molar-refractivity contribution in [2.24, 2.45) is 0 Å². The molecule has 2 nitrogen and oxygen atoms in total. The van der Waals surface area contributed by atoms with Gasteiger partial charge in [-0.1, -0.05) is 18.2 Å². The summed E-state index contributed by atoms with van der Waals surface area (Å²) in [5, 5.41) is 15.5. The first-order valence-corrected chi connectivity index (χ1v) is 6.81. The standard InChI is InChI=1S/C15H13NOS/c17-15(9-11-6-8-18-10-11)13-5-7-16-14-4-2-1-3-12(13)14/h1-8,10,15,17H,9H2. The summed E-state index contributed by atoms with van der Waals surface area (Å²) in [6.45, 7) is 0. The molecule has 0 saturated carbocycles. The molecule has 2 heterocycles. The fourth-order valence-corrected chi connectivity index (χ4v) is 2.83. The van der Waals surface area contributed by atoms with Gasteiger partial charge in [0.05, 0.1) is 11.6 Å². The van der Waals surface area contributed by atoms with Crippen molar-refractivity contribution in [2.75, 3.05) is 0 Å². The molecule has 1 unspecified atom stereocenters. The Hall–Kier alpha value is -1.71. The Morgan fingerprint density at radius 1 is 1.17 bits per heavy atom. The van der Waals surface area contributed by atoms with Gasteiger partial charge in [-0.25, -0.2) is 0 Å². The van der Waals surface area contributed by atoms with E-state index in [1.165, 1.54) is 5.56 Å². The van der Waals surface area contributed by atoms with E-state index in [1.54, 1.807) is 17.5 Å². The number of fused-ring (bicyclic) bond motifs is 1. The number of benzene rings is 1. The molecule has 0 saturated heterocycles. The molecule has 0 aliphatic carbocycles. The smallest absolute Gasteiger partial charge is 0.0837 e. The van der Waals surface area contributed by atoms with Gasteiger partial charge in [0.25, 0.3) is 0 Å². The van der Waals surface area contributed by atoms with Crippen LogP contribution in [0, 0.1) is 0 Å². The summed E-state index contributed by atoms with van der Waals surface area (Å²) in [5.74, 6) is 0. The van der Waals surface area contributed by atoms with E-state index in [4.69, 9.17) is 0 Å². The number of rotatable bonds is 3. The minimum absolute atomic E-state index is 0.479. The number of aliphatic hydroxyl groups excluding tert-OH is 1. The van der Waals surface area contributed by atoms with Gasteiger partial charge in [-0.05, 0) is 40.1 Å². The lowest BCUT2D eigenvalue weighted by molar-refractivity contribution is 0.180. The highest BCUT2D eigenvalue weighted by molar-refractivity contribution is 7.07. The quantitative estimate of drug-likeness (QED) is 0.776. The fourth-order valence-electron chi connectivity index (χ4n) is 2.15. The zero-order valence-corrected chi connectivity index (χ0v) is 10.6. The molecule has 0 bridgehead atoms. The molecule has 1 N–H and O–H groups in total. The molecule has 18 heavy (non-hydrogen) atoms. The molecule has 3 heteroatoms. The van der Waals surface area contributed by atoms with Gasteiger partial charge < -0.3 is 5.11 Å². The minimum Gasteiger partial charge on any atom is -0.388 e. The SMILES string of the molecule is OC(Cc1ccsc1)c1ccnc2ccccc12. The summed E-state index contributed by atoms with van der Waals surface area (Å²) in [5.41, 5.74) is 3.06. The predicted octanol–water partition coefficient (Wildman–Crippen LogP) is 3.57. The molecule has 0 fully saturated rings. The largest absolute Gasteiger partial charge is 0.388 e. The number of thiophene rings is 1. The van der Waals surface area contributed by atoms with Crippen LogP contribution in [-0.4, -0.2) is 10.1 Å². The number of para-hydroxylation sites is 1. The van der Waals surface area contributed by atoms with Gasteiger partial charge in [-0.15, -0.1) is 0 Å². The van der Waals surface area contributed by atoms with Crippen LogP contribution in [0.1, 0.15) is 17.2 Å². The predicted molar refractivity (Wildman–Crippen MR) is 74.7 cm³/mol. The van der Waals surface area contributed by atoms with E-state index in [0.717, 1.165) is 16.5 Å². The second-order valence-electron chi connectivity index (χ2n) is 4.27. The third-order valence-electron chi connectivity index (χ3n) is 3.05. The van der Waals surface area contributed by atoms with Crippen molar-refractivity contribution in [3.05, 3.63) is 64.5 Å². The van der Waals surface area contributed by atoms with Gasteiger partial charge in [0.2, 0.25) is 0 Å². The number of nitrogens with zero attached hydrogens (tertiary/aromatic N) is 1. The highest BCUT2D eigenvalue weighted by Gasteiger charge is 2.12. The topological polar surface area (TPSA) is 33.1 Å². The van der Waals surface area contributed by atoms with Crippen molar-refractivity contribution >= 4 is 22.2 Å². The van der Waals surface area contributed by atoms with Gasteiger partial charge >= 0.3 is 0 Å². The van der Waals surface area contributed by atoms with E-state index >= 15 is 0 Å². The zero-order chi connectivity index (χ0) is 12.4. The average Bonchev–Trinajstić information content (AvgIpc) is 2.91. The highest BCUT2D eigenvalue weighted by Crippen LogP contribution is 2.25. The van der Waals surface area contributed by atoms with Gasteiger partial charge in [-0.3, -0.25) is 4.98 Å². The third kappa shape index (κ3) is 2.15. The van der Waals surface area contributed by atoms with Crippen molar-refractivity contribution in [3.63, 3.8) is 0 Å². The van der Waals surface area contributed by atoms with E-state index in [1.807, 2.05) is 35.7 Å². The molecule has 1 aromatic carbocycles. The first-order valence-electron chi connectivity index (χ1n) is 5.87. The number of hydrogen-bond acceptors (Lipinski definition) is 3. The van der Waals surface area contributed by atoms with Crippen LogP contribution in [0.4, 0.5) is 0 Å². The molecule has 2 aromatic heterocycles. The van der Waals surface area contributed by atoms with E-state index in [0.29, 0.717) is 6.42 Å². The van der Waals surface area contributed by atoms with Gasteiger partial charge in [-0.2, -0.15) is 11.3 Å². The molecular weight excluding hydrogens is 242 g/mol. The van der Waals surface area contributed by atoms with Crippen LogP contribution < -0.4 is 0 Å². The molecule has 1 atom stereocenters. The van der Waals surface area contributed by atoms with Crippen molar-refractivity contribution in [2.45, 2.75) is 12.5 Å². The monoisotopic (exact) mass is 255 g/mol. The van der Waals surface area contributed by atoms with E-state index in [2.05, 4.69) is 16.4 Å². The molecule has 0 amide bonds. The van der Waals surface area contributed by atoms with Crippen LogP contribution >= 0.6 is 11.3 Å². The Kier molecular flexibility index (Phi) is 3.09. The van der Waals surface area contributed by atoms with Crippen LogP contribution in [0.25, 0.3) is 10.9 Å². The molecule has 90 valence electrons. The molecule has 3 rings (SSSR count). The van der Waals surface area contributed by atoms with Crippen LogP contribution in [-0.2, 0) is 6.42 Å². The second-order valence-corrected chi connectivity index (χ2v) is 5.05. The number of hydrogen-bond donors (Lipinski definition) is 1. The lowest BCUT2D eigenvalue weighted by atomic mass is 10.00. The van der Waals surface area contributed by atoms with Crippen molar-refractivity contribution in [3.8, 4) is 0 Å². The Balaban J connectivity index is 1.98. The number of aliphatic hydroxyl groups is 1. The minimum atomic E-state index is -0.479. The Labute approximate surface area is 110 Å². The van der Waals surface area contributed by atoms with E-state index < -0.39 is 6.10 Å². The summed E-state index contributed by atoms with van der Waals surface area (Å²) >= 11 is 1.66. The Morgan fingerprint density at radius 2 is 2.06 bits per heavy atom. The lowest BCUT2D eigenvalue weighted by Crippen LogP contribution is -2.02.